The first-order chi connectivity index (χ1) is 9.41. The van der Waals surface area contributed by atoms with Gasteiger partial charge < -0.3 is 9.88 Å². The van der Waals surface area contributed by atoms with E-state index in [4.69, 9.17) is 0 Å². The van der Waals surface area contributed by atoms with E-state index in [0.717, 1.165) is 6.07 Å². The van der Waals surface area contributed by atoms with Gasteiger partial charge in [-0.2, -0.15) is 13.2 Å². The van der Waals surface area contributed by atoms with E-state index in [1.165, 1.54) is 12.3 Å². The van der Waals surface area contributed by atoms with Gasteiger partial charge in [0.25, 0.3) is 0 Å². The first-order valence-corrected chi connectivity index (χ1v) is 6.47. The highest BCUT2D eigenvalue weighted by Gasteiger charge is 2.34. The van der Waals surface area contributed by atoms with E-state index in [0.29, 0.717) is 17.0 Å². The zero-order valence-electron chi connectivity index (χ0n) is 10.3. The van der Waals surface area contributed by atoms with Crippen LogP contribution in [0.5, 0.6) is 0 Å². The van der Waals surface area contributed by atoms with Crippen molar-refractivity contribution in [2.45, 2.75) is 12.7 Å². The van der Waals surface area contributed by atoms with Crippen LogP contribution in [0.2, 0.25) is 0 Å². The zero-order valence-corrected chi connectivity index (χ0v) is 11.9. The lowest BCUT2D eigenvalue weighted by atomic mass is 10.1. The van der Waals surface area contributed by atoms with Crippen molar-refractivity contribution in [1.29, 1.82) is 0 Å². The molecular formula is C13H11BrF3N3. The lowest BCUT2D eigenvalue weighted by molar-refractivity contribution is -0.137. The van der Waals surface area contributed by atoms with E-state index in [-0.39, 0.29) is 5.69 Å². The van der Waals surface area contributed by atoms with Crippen molar-refractivity contribution in [2.24, 2.45) is 0 Å². The van der Waals surface area contributed by atoms with Crippen molar-refractivity contribution < 1.29 is 13.2 Å². The first kappa shape index (κ1) is 14.6. The predicted molar refractivity (Wildman–Crippen MR) is 74.9 cm³/mol. The third-order valence-corrected chi connectivity index (χ3v) is 3.07. The van der Waals surface area contributed by atoms with Crippen molar-refractivity contribution in [3.05, 3.63) is 53.3 Å². The molecule has 0 aliphatic carbocycles. The zero-order chi connectivity index (χ0) is 14.8. The number of nitrogens with one attached hydrogen (secondary N) is 1. The van der Waals surface area contributed by atoms with Gasteiger partial charge in [-0.1, -0.05) is 22.0 Å². The van der Waals surface area contributed by atoms with Crippen LogP contribution in [0.4, 0.5) is 24.8 Å². The number of imidazole rings is 1. The molecule has 0 amide bonds. The van der Waals surface area contributed by atoms with Crippen LogP contribution in [-0.2, 0) is 12.7 Å². The average molecular weight is 346 g/mol. The van der Waals surface area contributed by atoms with Gasteiger partial charge in [0.15, 0.2) is 0 Å². The number of benzene rings is 1. The number of aromatic nitrogens is 2. The summed E-state index contributed by atoms with van der Waals surface area (Å²) in [5, 5.41) is 2.70. The Morgan fingerprint density at radius 2 is 2.15 bits per heavy atom. The Balaban J connectivity index is 2.38. The maximum Gasteiger partial charge on any atom is 0.418 e. The van der Waals surface area contributed by atoms with E-state index >= 15 is 0 Å². The normalized spacial score (nSPS) is 11.4. The lowest BCUT2D eigenvalue weighted by Gasteiger charge is -2.15. The number of hydrogen-bond donors (Lipinski definition) is 1. The van der Waals surface area contributed by atoms with Gasteiger partial charge in [-0.05, 0) is 18.2 Å². The number of anilines is 2. The number of hydrogen-bond acceptors (Lipinski definition) is 2. The van der Waals surface area contributed by atoms with Crippen LogP contribution < -0.4 is 5.32 Å². The Morgan fingerprint density at radius 1 is 1.40 bits per heavy atom. The van der Waals surface area contributed by atoms with Crippen LogP contribution >= 0.6 is 15.9 Å². The van der Waals surface area contributed by atoms with Gasteiger partial charge in [-0.25, -0.2) is 4.98 Å². The summed E-state index contributed by atoms with van der Waals surface area (Å²) < 4.78 is 41.0. The van der Waals surface area contributed by atoms with Gasteiger partial charge in [-0.15, -0.1) is 6.58 Å². The Morgan fingerprint density at radius 3 is 2.80 bits per heavy atom. The smallest absolute Gasteiger partial charge is 0.325 e. The number of nitrogens with zero attached hydrogens (tertiary/aromatic N) is 2. The second-order valence-electron chi connectivity index (χ2n) is 4.00. The molecule has 2 rings (SSSR count). The fraction of sp³-hybridized carbons (Fsp3) is 0.154. The summed E-state index contributed by atoms with van der Waals surface area (Å²) in [4.78, 5) is 4.00. The van der Waals surface area contributed by atoms with Crippen LogP contribution in [-0.4, -0.2) is 9.55 Å². The molecule has 0 spiro atoms. The molecule has 1 N–H and O–H groups in total. The Labute approximate surface area is 122 Å². The highest BCUT2D eigenvalue weighted by Crippen LogP contribution is 2.37. The molecule has 1 aromatic heterocycles. The van der Waals surface area contributed by atoms with E-state index < -0.39 is 11.7 Å². The largest absolute Gasteiger partial charge is 0.418 e. The van der Waals surface area contributed by atoms with Gasteiger partial charge in [0.1, 0.15) is 0 Å². The van der Waals surface area contributed by atoms with Gasteiger partial charge in [0, 0.05) is 23.4 Å². The van der Waals surface area contributed by atoms with Crippen molar-refractivity contribution in [1.82, 2.24) is 9.55 Å². The molecule has 3 nitrogen and oxygen atoms in total. The van der Waals surface area contributed by atoms with Crippen molar-refractivity contribution in [2.75, 3.05) is 5.32 Å². The van der Waals surface area contributed by atoms with Crippen LogP contribution in [0, 0.1) is 0 Å². The molecule has 0 fully saturated rings. The minimum atomic E-state index is -4.44. The molecule has 0 saturated carbocycles. The Kier molecular flexibility index (Phi) is 4.17. The van der Waals surface area contributed by atoms with Gasteiger partial charge in [0.2, 0.25) is 5.95 Å². The monoisotopic (exact) mass is 345 g/mol. The second kappa shape index (κ2) is 5.70. The molecule has 0 aliphatic heterocycles. The molecule has 2 aromatic rings. The summed E-state index contributed by atoms with van der Waals surface area (Å²) in [5.41, 5.74) is -0.794. The summed E-state index contributed by atoms with van der Waals surface area (Å²) in [6.45, 7) is 4.05. The summed E-state index contributed by atoms with van der Waals surface area (Å²) in [6.07, 6.45) is 0.370. The summed E-state index contributed by atoms with van der Waals surface area (Å²) in [7, 11) is 0. The van der Waals surface area contributed by atoms with Gasteiger partial charge in [0.05, 0.1) is 11.3 Å². The highest BCUT2D eigenvalue weighted by atomic mass is 79.9. The van der Waals surface area contributed by atoms with Crippen molar-refractivity contribution in [3.8, 4) is 0 Å². The molecule has 0 aliphatic rings. The number of halogens is 4. The van der Waals surface area contributed by atoms with Gasteiger partial charge in [-0.3, -0.25) is 0 Å². The molecule has 0 atom stereocenters. The number of allylic oxidation sites excluding steroid dienone is 1. The van der Waals surface area contributed by atoms with Gasteiger partial charge >= 0.3 is 6.18 Å². The van der Waals surface area contributed by atoms with Crippen LogP contribution in [0.25, 0.3) is 0 Å². The first-order valence-electron chi connectivity index (χ1n) is 5.67. The highest BCUT2D eigenvalue weighted by molar-refractivity contribution is 9.10. The molecule has 0 saturated heterocycles. The van der Waals surface area contributed by atoms with E-state index in [1.54, 1.807) is 22.9 Å². The second-order valence-corrected chi connectivity index (χ2v) is 4.92. The number of rotatable bonds is 4. The van der Waals surface area contributed by atoms with E-state index in [2.05, 4.69) is 32.8 Å². The van der Waals surface area contributed by atoms with Crippen LogP contribution in [0.15, 0.2) is 47.7 Å². The third kappa shape index (κ3) is 3.22. The quantitative estimate of drug-likeness (QED) is 0.821. The molecule has 0 bridgehead atoms. The standard InChI is InChI=1S/C13H11BrF3N3/c1-2-6-20-7-5-18-12(20)19-11-4-3-9(14)8-10(11)13(15,16)17/h2-5,7-8H,1,6H2,(H,18,19). The minimum Gasteiger partial charge on any atom is -0.325 e. The summed E-state index contributed by atoms with van der Waals surface area (Å²) in [6, 6.07) is 3.93. The van der Waals surface area contributed by atoms with Crippen LogP contribution in [0.1, 0.15) is 5.56 Å². The van der Waals surface area contributed by atoms with Crippen molar-refractivity contribution >= 4 is 27.6 Å². The lowest BCUT2D eigenvalue weighted by Crippen LogP contribution is -2.10. The topological polar surface area (TPSA) is 29.9 Å². The minimum absolute atomic E-state index is 0.0442. The molecule has 1 aromatic carbocycles. The van der Waals surface area contributed by atoms with Crippen LogP contribution in [0.3, 0.4) is 0 Å². The molecular weight excluding hydrogens is 335 g/mol. The molecule has 0 unspecified atom stereocenters. The summed E-state index contributed by atoms with van der Waals surface area (Å²) >= 11 is 3.04. The molecule has 106 valence electrons. The molecule has 20 heavy (non-hydrogen) atoms. The molecule has 1 heterocycles. The van der Waals surface area contributed by atoms with E-state index in [1.807, 2.05) is 0 Å². The summed E-state index contributed by atoms with van der Waals surface area (Å²) in [5.74, 6) is 0.331. The Bertz CT molecular complexity index is 620. The fourth-order valence-corrected chi connectivity index (χ4v) is 2.06. The average Bonchev–Trinajstić information content (AvgIpc) is 2.78. The molecule has 7 heteroatoms. The SMILES string of the molecule is C=CCn1ccnc1Nc1ccc(Br)cc1C(F)(F)F. The fourth-order valence-electron chi connectivity index (χ4n) is 1.70. The Hall–Kier alpha value is -1.76. The van der Waals surface area contributed by atoms with E-state index in [9.17, 15) is 13.2 Å². The third-order valence-electron chi connectivity index (χ3n) is 2.57. The predicted octanol–water partition coefficient (Wildman–Crippen LogP) is 4.59. The number of alkyl halides is 3. The molecule has 0 radical (unpaired) electrons. The maximum absolute atomic E-state index is 13.0. The maximum atomic E-state index is 13.0. The van der Waals surface area contributed by atoms with Crippen molar-refractivity contribution in [3.63, 3.8) is 0 Å².